The van der Waals surface area contributed by atoms with Crippen molar-refractivity contribution in [3.63, 3.8) is 0 Å². The molecule has 2 nitrogen and oxygen atoms in total. The third kappa shape index (κ3) is 4.13. The van der Waals surface area contributed by atoms with E-state index in [2.05, 4.69) is 28.2 Å². The molecule has 1 unspecified atom stereocenters. The number of benzene rings is 1. The van der Waals surface area contributed by atoms with Crippen LogP contribution in [-0.2, 0) is 10.2 Å². The van der Waals surface area contributed by atoms with Crippen molar-refractivity contribution in [2.75, 3.05) is 11.9 Å². The quantitative estimate of drug-likeness (QED) is 0.800. The molecule has 1 N–H and O–H groups in total. The predicted octanol–water partition coefficient (Wildman–Crippen LogP) is 3.50. The van der Waals surface area contributed by atoms with Crippen LogP contribution in [0.15, 0.2) is 30.3 Å². The van der Waals surface area contributed by atoms with E-state index in [9.17, 15) is 4.79 Å². The van der Waals surface area contributed by atoms with Crippen molar-refractivity contribution in [2.45, 2.75) is 32.6 Å². The molecule has 0 radical (unpaired) electrons. The molecule has 1 atom stereocenters. The van der Waals surface area contributed by atoms with Crippen molar-refractivity contribution in [3.05, 3.63) is 35.9 Å². The Kier molecular flexibility index (Phi) is 5.86. The fourth-order valence-electron chi connectivity index (χ4n) is 1.76. The summed E-state index contributed by atoms with van der Waals surface area (Å²) >= 11 is 3.42. The summed E-state index contributed by atoms with van der Waals surface area (Å²) in [6.45, 7) is 6.82. The molecule has 1 aromatic carbocycles. The van der Waals surface area contributed by atoms with Crippen LogP contribution in [0.25, 0.3) is 0 Å². The Bertz CT molecular complexity index is 375. The number of alkyl halides is 1. The van der Waals surface area contributed by atoms with Crippen LogP contribution < -0.4 is 5.32 Å². The Balaban J connectivity index is 2.60. The molecule has 1 aromatic rings. The van der Waals surface area contributed by atoms with Crippen LogP contribution in [0.2, 0.25) is 0 Å². The van der Waals surface area contributed by atoms with Crippen molar-refractivity contribution >= 4 is 21.8 Å². The van der Waals surface area contributed by atoms with Crippen LogP contribution in [0.5, 0.6) is 0 Å². The third-order valence-corrected chi connectivity index (χ3v) is 3.73. The molecule has 0 aliphatic heterocycles. The minimum absolute atomic E-state index is 0.0927. The first kappa shape index (κ1) is 15.2. The van der Waals surface area contributed by atoms with Gasteiger partial charge in [0.2, 0.25) is 5.91 Å². The van der Waals surface area contributed by atoms with Crippen LogP contribution >= 0.6 is 15.9 Å². The lowest BCUT2D eigenvalue weighted by atomic mass is 9.83. The van der Waals surface area contributed by atoms with Gasteiger partial charge in [0.05, 0.1) is 5.41 Å². The topological polar surface area (TPSA) is 29.1 Å². The lowest BCUT2D eigenvalue weighted by Crippen LogP contribution is -2.41. The van der Waals surface area contributed by atoms with E-state index in [1.165, 1.54) is 0 Å². The zero-order valence-electron chi connectivity index (χ0n) is 11.4. The molecule has 0 saturated carbocycles. The maximum Gasteiger partial charge on any atom is 0.230 e. The van der Waals surface area contributed by atoms with Gasteiger partial charge in [0.1, 0.15) is 0 Å². The highest BCUT2D eigenvalue weighted by Crippen LogP contribution is 2.23. The number of carbonyl (C=O) groups is 1. The van der Waals surface area contributed by atoms with Crippen LogP contribution in [0.3, 0.4) is 0 Å². The second kappa shape index (κ2) is 6.93. The molecule has 0 aliphatic rings. The summed E-state index contributed by atoms with van der Waals surface area (Å²) in [6, 6.07) is 9.91. The van der Waals surface area contributed by atoms with E-state index in [-0.39, 0.29) is 5.91 Å². The van der Waals surface area contributed by atoms with Gasteiger partial charge in [-0.2, -0.15) is 0 Å². The van der Waals surface area contributed by atoms with Crippen LogP contribution in [0.4, 0.5) is 0 Å². The van der Waals surface area contributed by atoms with E-state index in [4.69, 9.17) is 0 Å². The standard InChI is InChI=1S/C15H22BrNO/c1-12(9-10-16)11-17-14(18)15(2,3)13-7-5-4-6-8-13/h4-8,12H,9-11H2,1-3H3,(H,17,18). The van der Waals surface area contributed by atoms with E-state index in [0.717, 1.165) is 23.9 Å². The van der Waals surface area contributed by atoms with Gasteiger partial charge >= 0.3 is 0 Å². The van der Waals surface area contributed by atoms with Gasteiger partial charge in [0, 0.05) is 11.9 Å². The molecule has 18 heavy (non-hydrogen) atoms. The highest BCUT2D eigenvalue weighted by atomic mass is 79.9. The fraction of sp³-hybridized carbons (Fsp3) is 0.533. The molecule has 0 aliphatic carbocycles. The average Bonchev–Trinajstić information content (AvgIpc) is 2.37. The zero-order valence-corrected chi connectivity index (χ0v) is 13.0. The first-order valence-electron chi connectivity index (χ1n) is 6.38. The smallest absolute Gasteiger partial charge is 0.230 e. The lowest BCUT2D eigenvalue weighted by Gasteiger charge is -2.25. The molecule has 100 valence electrons. The highest BCUT2D eigenvalue weighted by molar-refractivity contribution is 9.09. The summed E-state index contributed by atoms with van der Waals surface area (Å²) in [5.41, 5.74) is 0.575. The fourth-order valence-corrected chi connectivity index (χ4v) is 2.54. The molecular weight excluding hydrogens is 290 g/mol. The van der Waals surface area contributed by atoms with Gasteiger partial charge in [-0.15, -0.1) is 0 Å². The molecule has 1 amide bonds. The maximum absolute atomic E-state index is 12.3. The lowest BCUT2D eigenvalue weighted by molar-refractivity contribution is -0.125. The van der Waals surface area contributed by atoms with Crippen LogP contribution in [-0.4, -0.2) is 17.8 Å². The first-order chi connectivity index (χ1) is 8.48. The van der Waals surface area contributed by atoms with Gasteiger partial charge in [-0.25, -0.2) is 0 Å². The van der Waals surface area contributed by atoms with E-state index >= 15 is 0 Å². The molecule has 0 aromatic heterocycles. The number of nitrogens with one attached hydrogen (secondary N) is 1. The number of amides is 1. The molecule has 0 saturated heterocycles. The first-order valence-corrected chi connectivity index (χ1v) is 7.50. The van der Waals surface area contributed by atoms with Gasteiger partial charge in [-0.1, -0.05) is 53.2 Å². The van der Waals surface area contributed by atoms with Crippen molar-refractivity contribution < 1.29 is 4.79 Å². The Morgan fingerprint density at radius 1 is 1.33 bits per heavy atom. The van der Waals surface area contributed by atoms with Gasteiger partial charge in [-0.3, -0.25) is 4.79 Å². The number of hydrogen-bond acceptors (Lipinski definition) is 1. The average molecular weight is 312 g/mol. The molecule has 1 rings (SSSR count). The Morgan fingerprint density at radius 2 is 1.94 bits per heavy atom. The van der Waals surface area contributed by atoms with Gasteiger partial charge < -0.3 is 5.32 Å². The number of hydrogen-bond donors (Lipinski definition) is 1. The van der Waals surface area contributed by atoms with E-state index in [0.29, 0.717) is 5.92 Å². The second-order valence-electron chi connectivity index (χ2n) is 5.28. The van der Waals surface area contributed by atoms with E-state index in [1.54, 1.807) is 0 Å². The minimum Gasteiger partial charge on any atom is -0.355 e. The molecular formula is C15H22BrNO. The van der Waals surface area contributed by atoms with Crippen LogP contribution in [0, 0.1) is 5.92 Å². The predicted molar refractivity (Wildman–Crippen MR) is 80.1 cm³/mol. The summed E-state index contributed by atoms with van der Waals surface area (Å²) in [5, 5.41) is 4.02. The molecule has 0 bridgehead atoms. The van der Waals surface area contributed by atoms with Crippen molar-refractivity contribution in [3.8, 4) is 0 Å². The van der Waals surface area contributed by atoms with Crippen LogP contribution in [0.1, 0.15) is 32.8 Å². The van der Waals surface area contributed by atoms with Crippen molar-refractivity contribution in [2.24, 2.45) is 5.92 Å². The Labute approximate surface area is 118 Å². The van der Waals surface area contributed by atoms with Crippen molar-refractivity contribution in [1.82, 2.24) is 5.32 Å². The van der Waals surface area contributed by atoms with Gasteiger partial charge in [-0.05, 0) is 31.7 Å². The van der Waals surface area contributed by atoms with Gasteiger partial charge in [0.25, 0.3) is 0 Å². The summed E-state index contributed by atoms with van der Waals surface area (Å²) in [6.07, 6.45) is 1.08. The zero-order chi connectivity index (χ0) is 13.6. The van der Waals surface area contributed by atoms with E-state index < -0.39 is 5.41 Å². The molecule has 0 fully saturated rings. The molecule has 0 heterocycles. The Morgan fingerprint density at radius 3 is 2.50 bits per heavy atom. The molecule has 0 spiro atoms. The SMILES string of the molecule is CC(CCBr)CNC(=O)C(C)(C)c1ccccc1. The summed E-state index contributed by atoms with van der Waals surface area (Å²) in [4.78, 5) is 12.3. The second-order valence-corrected chi connectivity index (χ2v) is 6.08. The summed E-state index contributed by atoms with van der Waals surface area (Å²) in [7, 11) is 0. The summed E-state index contributed by atoms with van der Waals surface area (Å²) in [5.74, 6) is 0.593. The minimum atomic E-state index is -0.477. The highest BCUT2D eigenvalue weighted by Gasteiger charge is 2.29. The monoisotopic (exact) mass is 311 g/mol. The molecule has 3 heteroatoms. The summed E-state index contributed by atoms with van der Waals surface area (Å²) < 4.78 is 0. The van der Waals surface area contributed by atoms with Crippen molar-refractivity contribution in [1.29, 1.82) is 0 Å². The number of halogens is 1. The largest absolute Gasteiger partial charge is 0.355 e. The normalized spacial score (nSPS) is 13.1. The Hall–Kier alpha value is -0.830. The van der Waals surface area contributed by atoms with E-state index in [1.807, 2.05) is 44.2 Å². The number of rotatable bonds is 6. The van der Waals surface area contributed by atoms with Gasteiger partial charge in [0.15, 0.2) is 0 Å². The number of carbonyl (C=O) groups excluding carboxylic acids is 1. The maximum atomic E-state index is 12.3. The third-order valence-electron chi connectivity index (χ3n) is 3.28.